The largest absolute Gasteiger partial charge is 0.379 e. The minimum Gasteiger partial charge on any atom is -0.379 e. The van der Waals surface area contributed by atoms with E-state index in [1.54, 1.807) is 0 Å². The van der Waals surface area contributed by atoms with Gasteiger partial charge in [0.2, 0.25) is 0 Å². The zero-order chi connectivity index (χ0) is 13.8. The fraction of sp³-hybridized carbons (Fsp3) is 1.00. The highest BCUT2D eigenvalue weighted by molar-refractivity contribution is 4.80. The molecule has 1 aliphatic rings. The van der Waals surface area contributed by atoms with E-state index in [1.165, 1.54) is 44.9 Å². The summed E-state index contributed by atoms with van der Waals surface area (Å²) in [4.78, 5) is 0. The molecule has 114 valence electrons. The fourth-order valence-electron chi connectivity index (χ4n) is 2.56. The summed E-state index contributed by atoms with van der Waals surface area (Å²) in [5.41, 5.74) is 0. The maximum atomic E-state index is 6.01. The molecule has 2 unspecified atom stereocenters. The summed E-state index contributed by atoms with van der Waals surface area (Å²) in [5.74, 6) is 0. The lowest BCUT2D eigenvalue weighted by atomic mass is 10.1. The molecule has 0 amide bonds. The van der Waals surface area contributed by atoms with Crippen molar-refractivity contribution >= 4 is 0 Å². The number of hydrogen-bond donors (Lipinski definition) is 1. The fourth-order valence-corrected chi connectivity index (χ4v) is 2.56. The molecule has 3 heteroatoms. The second-order valence-electron chi connectivity index (χ2n) is 5.60. The predicted molar refractivity (Wildman–Crippen MR) is 80.6 cm³/mol. The van der Waals surface area contributed by atoms with Crippen molar-refractivity contribution in [2.24, 2.45) is 0 Å². The lowest BCUT2D eigenvalue weighted by molar-refractivity contribution is -0.0695. The van der Waals surface area contributed by atoms with E-state index in [0.29, 0.717) is 6.04 Å². The van der Waals surface area contributed by atoms with Crippen molar-refractivity contribution in [3.8, 4) is 0 Å². The van der Waals surface area contributed by atoms with Crippen LogP contribution in [0.15, 0.2) is 0 Å². The Labute approximate surface area is 119 Å². The highest BCUT2D eigenvalue weighted by Crippen LogP contribution is 2.13. The Hall–Kier alpha value is -0.120. The first kappa shape index (κ1) is 16.9. The van der Waals surface area contributed by atoms with Crippen LogP contribution < -0.4 is 5.32 Å². The Morgan fingerprint density at radius 2 is 1.84 bits per heavy atom. The quantitative estimate of drug-likeness (QED) is 0.583. The van der Waals surface area contributed by atoms with Crippen LogP contribution in [0.3, 0.4) is 0 Å². The van der Waals surface area contributed by atoms with Gasteiger partial charge in [0.25, 0.3) is 0 Å². The molecule has 0 saturated carbocycles. The monoisotopic (exact) mass is 271 g/mol. The molecule has 0 bridgehead atoms. The van der Waals surface area contributed by atoms with Crippen LogP contribution in [-0.4, -0.2) is 38.5 Å². The van der Waals surface area contributed by atoms with Crippen LogP contribution in [-0.2, 0) is 9.47 Å². The summed E-state index contributed by atoms with van der Waals surface area (Å²) in [6, 6.07) is 0.494. The summed E-state index contributed by atoms with van der Waals surface area (Å²) in [7, 11) is 0. The molecule has 1 aliphatic heterocycles. The SMILES string of the molecule is CCCCCCCCOC1COCCC1NCCC. The number of rotatable bonds is 11. The van der Waals surface area contributed by atoms with Crippen molar-refractivity contribution in [2.45, 2.75) is 77.4 Å². The number of hydrogen-bond acceptors (Lipinski definition) is 3. The second kappa shape index (κ2) is 11.7. The Morgan fingerprint density at radius 3 is 2.63 bits per heavy atom. The van der Waals surface area contributed by atoms with Crippen molar-refractivity contribution in [1.29, 1.82) is 0 Å². The van der Waals surface area contributed by atoms with Crippen LogP contribution >= 0.6 is 0 Å². The van der Waals surface area contributed by atoms with Gasteiger partial charge in [0.15, 0.2) is 0 Å². The Balaban J connectivity index is 2.04. The van der Waals surface area contributed by atoms with Gasteiger partial charge in [-0.25, -0.2) is 0 Å². The molecule has 1 rings (SSSR count). The summed E-state index contributed by atoms with van der Waals surface area (Å²) < 4.78 is 11.5. The van der Waals surface area contributed by atoms with E-state index >= 15 is 0 Å². The van der Waals surface area contributed by atoms with Gasteiger partial charge in [-0.15, -0.1) is 0 Å². The van der Waals surface area contributed by atoms with E-state index in [0.717, 1.165) is 32.8 Å². The maximum absolute atomic E-state index is 6.01. The molecule has 19 heavy (non-hydrogen) atoms. The van der Waals surface area contributed by atoms with Gasteiger partial charge in [-0.05, 0) is 25.8 Å². The van der Waals surface area contributed by atoms with Gasteiger partial charge in [0.1, 0.15) is 0 Å². The third-order valence-corrected chi connectivity index (χ3v) is 3.79. The van der Waals surface area contributed by atoms with Crippen LogP contribution in [0.4, 0.5) is 0 Å². The molecule has 0 aliphatic carbocycles. The van der Waals surface area contributed by atoms with E-state index in [-0.39, 0.29) is 6.10 Å². The average molecular weight is 271 g/mol. The lowest BCUT2D eigenvalue weighted by Crippen LogP contribution is -2.48. The first-order chi connectivity index (χ1) is 9.38. The number of nitrogens with one attached hydrogen (secondary N) is 1. The standard InChI is InChI=1S/C16H33NO2/c1-3-5-6-7-8-9-12-19-16-14-18-13-10-15(16)17-11-4-2/h15-17H,3-14H2,1-2H3. The molecule has 3 nitrogen and oxygen atoms in total. The van der Waals surface area contributed by atoms with Gasteiger partial charge < -0.3 is 14.8 Å². The van der Waals surface area contributed by atoms with Crippen LogP contribution in [0, 0.1) is 0 Å². The average Bonchev–Trinajstić information content (AvgIpc) is 2.45. The van der Waals surface area contributed by atoms with E-state index < -0.39 is 0 Å². The zero-order valence-corrected chi connectivity index (χ0v) is 13.0. The van der Waals surface area contributed by atoms with Crippen LogP contribution in [0.5, 0.6) is 0 Å². The second-order valence-corrected chi connectivity index (χ2v) is 5.60. The van der Waals surface area contributed by atoms with Crippen LogP contribution in [0.1, 0.15) is 65.2 Å². The first-order valence-corrected chi connectivity index (χ1v) is 8.31. The molecule has 0 aromatic carbocycles. The summed E-state index contributed by atoms with van der Waals surface area (Å²) in [5, 5.41) is 3.59. The third-order valence-electron chi connectivity index (χ3n) is 3.79. The van der Waals surface area contributed by atoms with E-state index in [9.17, 15) is 0 Å². The first-order valence-electron chi connectivity index (χ1n) is 8.31. The van der Waals surface area contributed by atoms with Gasteiger partial charge in [-0.2, -0.15) is 0 Å². The molecule has 0 spiro atoms. The molecule has 0 aromatic heterocycles. The molecule has 1 heterocycles. The van der Waals surface area contributed by atoms with Gasteiger partial charge in [0, 0.05) is 19.3 Å². The topological polar surface area (TPSA) is 30.5 Å². The Morgan fingerprint density at radius 1 is 1.05 bits per heavy atom. The van der Waals surface area contributed by atoms with Crippen molar-refractivity contribution in [2.75, 3.05) is 26.4 Å². The highest BCUT2D eigenvalue weighted by atomic mass is 16.5. The summed E-state index contributed by atoms with van der Waals surface area (Å²) in [6.07, 6.45) is 10.5. The van der Waals surface area contributed by atoms with E-state index in [4.69, 9.17) is 9.47 Å². The van der Waals surface area contributed by atoms with Crippen LogP contribution in [0.2, 0.25) is 0 Å². The molecule has 0 aromatic rings. The minimum absolute atomic E-state index is 0.260. The van der Waals surface area contributed by atoms with Crippen LogP contribution in [0.25, 0.3) is 0 Å². The van der Waals surface area contributed by atoms with Gasteiger partial charge in [-0.3, -0.25) is 0 Å². The molecule has 1 saturated heterocycles. The summed E-state index contributed by atoms with van der Waals surface area (Å²) >= 11 is 0. The van der Waals surface area contributed by atoms with Crippen molar-refractivity contribution < 1.29 is 9.47 Å². The number of ether oxygens (including phenoxy) is 2. The molecule has 0 radical (unpaired) electrons. The van der Waals surface area contributed by atoms with Gasteiger partial charge in [-0.1, -0.05) is 46.0 Å². The van der Waals surface area contributed by atoms with Crippen molar-refractivity contribution in [1.82, 2.24) is 5.32 Å². The third kappa shape index (κ3) is 7.91. The molecule has 1 fully saturated rings. The van der Waals surface area contributed by atoms with Crippen molar-refractivity contribution in [3.05, 3.63) is 0 Å². The molecular formula is C16H33NO2. The lowest BCUT2D eigenvalue weighted by Gasteiger charge is -2.32. The minimum atomic E-state index is 0.260. The Kier molecular flexibility index (Phi) is 10.4. The summed E-state index contributed by atoms with van der Waals surface area (Å²) in [6.45, 7) is 8.08. The van der Waals surface area contributed by atoms with E-state index in [2.05, 4.69) is 19.2 Å². The smallest absolute Gasteiger partial charge is 0.0961 e. The molecular weight excluding hydrogens is 238 g/mol. The number of unbranched alkanes of at least 4 members (excludes halogenated alkanes) is 5. The zero-order valence-electron chi connectivity index (χ0n) is 13.0. The highest BCUT2D eigenvalue weighted by Gasteiger charge is 2.25. The Bertz CT molecular complexity index is 199. The normalized spacial score (nSPS) is 23.7. The molecule has 2 atom stereocenters. The van der Waals surface area contributed by atoms with Crippen molar-refractivity contribution in [3.63, 3.8) is 0 Å². The molecule has 1 N–H and O–H groups in total. The van der Waals surface area contributed by atoms with Gasteiger partial charge in [0.05, 0.1) is 12.7 Å². The maximum Gasteiger partial charge on any atom is 0.0961 e. The van der Waals surface area contributed by atoms with E-state index in [1.807, 2.05) is 0 Å². The van der Waals surface area contributed by atoms with Gasteiger partial charge >= 0.3 is 0 Å². The predicted octanol–water partition coefficient (Wildman–Crippen LogP) is 3.52.